The number of hydrogen-bond acceptors (Lipinski definition) is 3. The van der Waals surface area contributed by atoms with Gasteiger partial charge in [-0.15, -0.1) is 0 Å². The third-order valence-electron chi connectivity index (χ3n) is 2.03. The van der Waals surface area contributed by atoms with E-state index in [4.69, 9.17) is 10.5 Å². The highest BCUT2D eigenvalue weighted by atomic mass is 16.5. The van der Waals surface area contributed by atoms with Gasteiger partial charge in [-0.2, -0.15) is 0 Å². The third kappa shape index (κ3) is 4.24. The summed E-state index contributed by atoms with van der Waals surface area (Å²) in [5, 5.41) is 2.91. The average molecular weight is 186 g/mol. The van der Waals surface area contributed by atoms with Gasteiger partial charge in [0.05, 0.1) is 12.6 Å². The Balaban J connectivity index is 2.18. The van der Waals surface area contributed by atoms with Gasteiger partial charge in [-0.1, -0.05) is 0 Å². The zero-order chi connectivity index (χ0) is 9.68. The minimum atomic E-state index is -0.0653. The fraction of sp³-hybridized carbons (Fsp3) is 0.889. The lowest BCUT2D eigenvalue weighted by atomic mass is 10.1. The van der Waals surface area contributed by atoms with Crippen molar-refractivity contribution in [3.63, 3.8) is 0 Å². The number of carbonyl (C=O) groups excluding carboxylic acids is 1. The minimum absolute atomic E-state index is 0.0329. The minimum Gasteiger partial charge on any atom is -0.379 e. The van der Waals surface area contributed by atoms with Gasteiger partial charge in [0.15, 0.2) is 0 Å². The molecule has 1 fully saturated rings. The van der Waals surface area contributed by atoms with E-state index in [9.17, 15) is 4.79 Å². The fourth-order valence-corrected chi connectivity index (χ4v) is 1.43. The van der Waals surface area contributed by atoms with Crippen molar-refractivity contribution in [2.75, 3.05) is 13.2 Å². The molecule has 1 rings (SSSR count). The van der Waals surface area contributed by atoms with Crippen LogP contribution in [-0.4, -0.2) is 31.2 Å². The Hall–Kier alpha value is -0.610. The molecule has 4 heteroatoms. The highest BCUT2D eigenvalue weighted by molar-refractivity contribution is 5.76. The van der Waals surface area contributed by atoms with Crippen molar-refractivity contribution in [1.29, 1.82) is 0 Å². The highest BCUT2D eigenvalue weighted by Crippen LogP contribution is 2.05. The Bertz CT molecular complexity index is 165. The van der Waals surface area contributed by atoms with Crippen LogP contribution in [0.3, 0.4) is 0 Å². The molecule has 1 amide bonds. The Labute approximate surface area is 78.8 Å². The molecule has 4 nitrogen and oxygen atoms in total. The number of nitrogens with one attached hydrogen (secondary N) is 1. The molecule has 0 bridgehead atoms. The summed E-state index contributed by atoms with van der Waals surface area (Å²) in [5.41, 5.74) is 5.51. The first kappa shape index (κ1) is 10.5. The summed E-state index contributed by atoms with van der Waals surface area (Å²) in [4.78, 5) is 11.3. The van der Waals surface area contributed by atoms with Crippen LogP contribution in [0.15, 0.2) is 0 Å². The first-order chi connectivity index (χ1) is 6.18. The van der Waals surface area contributed by atoms with E-state index in [1.54, 1.807) is 0 Å². The molecule has 3 N–H and O–H groups in total. The van der Waals surface area contributed by atoms with E-state index in [1.807, 2.05) is 6.92 Å². The van der Waals surface area contributed by atoms with Gasteiger partial charge in [-0.3, -0.25) is 4.79 Å². The maximum atomic E-state index is 11.3. The molecule has 0 aromatic rings. The summed E-state index contributed by atoms with van der Waals surface area (Å²) >= 11 is 0. The molecule has 2 unspecified atom stereocenters. The zero-order valence-corrected chi connectivity index (χ0v) is 8.08. The van der Waals surface area contributed by atoms with E-state index >= 15 is 0 Å². The summed E-state index contributed by atoms with van der Waals surface area (Å²) in [6.07, 6.45) is 2.45. The van der Waals surface area contributed by atoms with E-state index in [2.05, 4.69) is 5.32 Å². The monoisotopic (exact) mass is 186 g/mol. The van der Waals surface area contributed by atoms with Gasteiger partial charge >= 0.3 is 0 Å². The molecule has 76 valence electrons. The smallest absolute Gasteiger partial charge is 0.221 e. The van der Waals surface area contributed by atoms with Crippen LogP contribution in [0.4, 0.5) is 0 Å². The third-order valence-corrected chi connectivity index (χ3v) is 2.03. The number of carbonyl (C=O) groups is 1. The Morgan fingerprint density at radius 1 is 1.77 bits per heavy atom. The van der Waals surface area contributed by atoms with Crippen molar-refractivity contribution in [2.45, 2.75) is 38.3 Å². The number of amides is 1. The second kappa shape index (κ2) is 5.19. The SMILES string of the molecule is CC(N)CC(=O)NC1CCCOC1. The van der Waals surface area contributed by atoms with Crippen LogP contribution in [0, 0.1) is 0 Å². The van der Waals surface area contributed by atoms with Crippen molar-refractivity contribution >= 4 is 5.91 Å². The van der Waals surface area contributed by atoms with Gasteiger partial charge in [-0.25, -0.2) is 0 Å². The molecule has 1 aliphatic rings. The molecule has 1 aliphatic heterocycles. The van der Waals surface area contributed by atoms with Crippen molar-refractivity contribution in [1.82, 2.24) is 5.32 Å². The van der Waals surface area contributed by atoms with Gasteiger partial charge in [0, 0.05) is 19.1 Å². The van der Waals surface area contributed by atoms with Gasteiger partial charge in [-0.05, 0) is 19.8 Å². The van der Waals surface area contributed by atoms with E-state index in [0.717, 1.165) is 19.4 Å². The Kier molecular flexibility index (Phi) is 4.18. The van der Waals surface area contributed by atoms with Crippen LogP contribution in [0.2, 0.25) is 0 Å². The van der Waals surface area contributed by atoms with Crippen LogP contribution in [0.25, 0.3) is 0 Å². The predicted octanol–water partition coefficient (Wildman–Crippen LogP) is 0.0189. The second-order valence-corrected chi connectivity index (χ2v) is 3.66. The van der Waals surface area contributed by atoms with E-state index < -0.39 is 0 Å². The number of nitrogens with two attached hydrogens (primary N) is 1. The predicted molar refractivity (Wildman–Crippen MR) is 50.3 cm³/mol. The molecule has 0 aromatic carbocycles. The standard InChI is InChI=1S/C9H18N2O2/c1-7(10)5-9(12)11-8-3-2-4-13-6-8/h7-8H,2-6,10H2,1H3,(H,11,12). The number of rotatable bonds is 3. The summed E-state index contributed by atoms with van der Waals surface area (Å²) in [6.45, 7) is 3.29. The Morgan fingerprint density at radius 3 is 3.08 bits per heavy atom. The summed E-state index contributed by atoms with van der Waals surface area (Å²) in [5.74, 6) is 0.0329. The van der Waals surface area contributed by atoms with Crippen molar-refractivity contribution in [2.24, 2.45) is 5.73 Å². The molecule has 13 heavy (non-hydrogen) atoms. The molecule has 0 spiro atoms. The summed E-state index contributed by atoms with van der Waals surface area (Å²) in [7, 11) is 0. The maximum absolute atomic E-state index is 11.3. The lowest BCUT2D eigenvalue weighted by molar-refractivity contribution is -0.123. The van der Waals surface area contributed by atoms with E-state index in [1.165, 1.54) is 0 Å². The van der Waals surface area contributed by atoms with Crippen LogP contribution < -0.4 is 11.1 Å². The molecule has 0 aromatic heterocycles. The normalized spacial score (nSPS) is 25.2. The molecule has 2 atom stereocenters. The molecule has 0 aliphatic carbocycles. The number of ether oxygens (including phenoxy) is 1. The van der Waals surface area contributed by atoms with Crippen LogP contribution >= 0.6 is 0 Å². The van der Waals surface area contributed by atoms with Gasteiger partial charge in [0.25, 0.3) is 0 Å². The summed E-state index contributed by atoms with van der Waals surface area (Å²) < 4.78 is 5.24. The first-order valence-electron chi connectivity index (χ1n) is 4.81. The van der Waals surface area contributed by atoms with E-state index in [0.29, 0.717) is 13.0 Å². The van der Waals surface area contributed by atoms with Crippen molar-refractivity contribution in [3.8, 4) is 0 Å². The molecule has 0 saturated carbocycles. The quantitative estimate of drug-likeness (QED) is 0.653. The van der Waals surface area contributed by atoms with Crippen LogP contribution in [0.1, 0.15) is 26.2 Å². The largest absolute Gasteiger partial charge is 0.379 e. The summed E-state index contributed by atoms with van der Waals surface area (Å²) in [6, 6.07) is 0.129. The highest BCUT2D eigenvalue weighted by Gasteiger charge is 2.16. The average Bonchev–Trinajstić information content (AvgIpc) is 2.04. The van der Waals surface area contributed by atoms with Gasteiger partial charge in [0.2, 0.25) is 5.91 Å². The van der Waals surface area contributed by atoms with Crippen molar-refractivity contribution in [3.05, 3.63) is 0 Å². The number of hydrogen-bond donors (Lipinski definition) is 2. The first-order valence-corrected chi connectivity index (χ1v) is 4.81. The molecule has 0 radical (unpaired) electrons. The Morgan fingerprint density at radius 2 is 2.54 bits per heavy atom. The lowest BCUT2D eigenvalue weighted by Gasteiger charge is -2.23. The molecule has 1 heterocycles. The molecular weight excluding hydrogens is 168 g/mol. The van der Waals surface area contributed by atoms with Gasteiger partial charge in [0.1, 0.15) is 0 Å². The van der Waals surface area contributed by atoms with Crippen molar-refractivity contribution < 1.29 is 9.53 Å². The van der Waals surface area contributed by atoms with Crippen LogP contribution in [0.5, 0.6) is 0 Å². The van der Waals surface area contributed by atoms with Crippen LogP contribution in [-0.2, 0) is 9.53 Å². The topological polar surface area (TPSA) is 64.4 Å². The maximum Gasteiger partial charge on any atom is 0.221 e. The lowest BCUT2D eigenvalue weighted by Crippen LogP contribution is -2.42. The molecular formula is C9H18N2O2. The zero-order valence-electron chi connectivity index (χ0n) is 8.08. The fourth-order valence-electron chi connectivity index (χ4n) is 1.43. The molecule has 1 saturated heterocycles. The second-order valence-electron chi connectivity index (χ2n) is 3.66. The van der Waals surface area contributed by atoms with E-state index in [-0.39, 0.29) is 18.0 Å². The van der Waals surface area contributed by atoms with Gasteiger partial charge < -0.3 is 15.8 Å².